The molecule has 0 saturated heterocycles. The Bertz CT molecular complexity index is 359. The summed E-state index contributed by atoms with van der Waals surface area (Å²) in [6, 6.07) is 5.94. The van der Waals surface area contributed by atoms with Crippen LogP contribution in [0, 0.1) is 11.3 Å². The molecule has 0 aliphatic rings. The van der Waals surface area contributed by atoms with Gasteiger partial charge in [0.05, 0.1) is 12.5 Å². The van der Waals surface area contributed by atoms with Gasteiger partial charge in [0, 0.05) is 25.5 Å². The van der Waals surface area contributed by atoms with Crippen LogP contribution < -0.4 is 0 Å². The predicted molar refractivity (Wildman–Crippen MR) is 66.5 cm³/mol. The van der Waals surface area contributed by atoms with E-state index in [1.165, 1.54) is 0 Å². The lowest BCUT2D eigenvalue weighted by atomic mass is 10.2. The first-order chi connectivity index (χ1) is 7.24. The fourth-order valence-electron chi connectivity index (χ4n) is 1.14. The van der Waals surface area contributed by atoms with Gasteiger partial charge < -0.3 is 4.90 Å². The molecule has 3 nitrogen and oxygen atoms in total. The van der Waals surface area contributed by atoms with Gasteiger partial charge in [-0.3, -0.25) is 4.98 Å². The van der Waals surface area contributed by atoms with Crippen molar-refractivity contribution in [1.29, 1.82) is 5.26 Å². The van der Waals surface area contributed by atoms with E-state index in [1.807, 2.05) is 17.0 Å². The van der Waals surface area contributed by atoms with Gasteiger partial charge in [-0.15, -0.1) is 12.6 Å². The molecule has 1 heterocycles. The van der Waals surface area contributed by atoms with E-state index < -0.39 is 0 Å². The summed E-state index contributed by atoms with van der Waals surface area (Å²) < 4.78 is 0.516. The number of rotatable bonds is 4. The third kappa shape index (κ3) is 4.28. The predicted octanol–water partition coefficient (Wildman–Crippen LogP) is 2.01. The topological polar surface area (TPSA) is 39.9 Å². The van der Waals surface area contributed by atoms with Gasteiger partial charge in [-0.2, -0.15) is 5.26 Å². The van der Waals surface area contributed by atoms with Crippen molar-refractivity contribution >= 4 is 29.2 Å². The van der Waals surface area contributed by atoms with Crippen LogP contribution in [0.1, 0.15) is 12.0 Å². The minimum atomic E-state index is 0.450. The summed E-state index contributed by atoms with van der Waals surface area (Å²) in [6.07, 6.45) is 3.92. The summed E-state index contributed by atoms with van der Waals surface area (Å²) >= 11 is 9.12. The number of aromatic nitrogens is 1. The number of nitriles is 1. The Morgan fingerprint density at radius 1 is 1.53 bits per heavy atom. The van der Waals surface area contributed by atoms with E-state index in [0.717, 1.165) is 5.56 Å². The van der Waals surface area contributed by atoms with Crippen LogP contribution in [-0.2, 0) is 6.54 Å². The van der Waals surface area contributed by atoms with Crippen molar-refractivity contribution in [2.24, 2.45) is 0 Å². The summed E-state index contributed by atoms with van der Waals surface area (Å²) in [7, 11) is 0. The molecule has 0 N–H and O–H groups in total. The molecular weight excluding hydrogens is 226 g/mol. The molecule has 0 aromatic carbocycles. The maximum absolute atomic E-state index is 8.51. The number of thiol groups is 1. The molecule has 0 aliphatic heterocycles. The van der Waals surface area contributed by atoms with E-state index >= 15 is 0 Å². The van der Waals surface area contributed by atoms with Crippen molar-refractivity contribution in [3.05, 3.63) is 30.1 Å². The lowest BCUT2D eigenvalue weighted by Crippen LogP contribution is -2.26. The summed E-state index contributed by atoms with van der Waals surface area (Å²) in [5, 5.41) is 8.51. The smallest absolute Gasteiger partial charge is 0.133 e. The van der Waals surface area contributed by atoms with E-state index in [-0.39, 0.29) is 0 Å². The summed E-state index contributed by atoms with van der Waals surface area (Å²) in [4.78, 5) is 5.82. The molecular formula is C10H11N3S2. The van der Waals surface area contributed by atoms with Crippen LogP contribution in [0.2, 0.25) is 0 Å². The van der Waals surface area contributed by atoms with Crippen LogP contribution >= 0.6 is 24.8 Å². The highest BCUT2D eigenvalue weighted by Crippen LogP contribution is 2.06. The van der Waals surface area contributed by atoms with Crippen LogP contribution in [0.4, 0.5) is 0 Å². The van der Waals surface area contributed by atoms with Crippen LogP contribution in [0.5, 0.6) is 0 Å². The highest BCUT2D eigenvalue weighted by molar-refractivity contribution is 8.10. The molecule has 5 heteroatoms. The average Bonchev–Trinajstić information content (AvgIpc) is 2.25. The molecule has 78 valence electrons. The second kappa shape index (κ2) is 6.38. The van der Waals surface area contributed by atoms with Gasteiger partial charge in [0.25, 0.3) is 0 Å². The van der Waals surface area contributed by atoms with Crippen LogP contribution in [-0.4, -0.2) is 20.7 Å². The standard InChI is InChI=1S/C10H11N3S2/c11-4-1-7-13(10(14)15)8-9-2-5-12-6-3-9/h2-3,5-6H,1,7-8H2,(H,14,15). The Kier molecular flexibility index (Phi) is 5.08. The molecule has 0 saturated carbocycles. The van der Waals surface area contributed by atoms with E-state index in [2.05, 4.69) is 23.7 Å². The number of hydrogen-bond donors (Lipinski definition) is 1. The number of hydrogen-bond acceptors (Lipinski definition) is 3. The third-order valence-electron chi connectivity index (χ3n) is 1.89. The van der Waals surface area contributed by atoms with Gasteiger partial charge in [-0.05, 0) is 17.7 Å². The lowest BCUT2D eigenvalue weighted by molar-refractivity contribution is 0.437. The highest BCUT2D eigenvalue weighted by Gasteiger charge is 2.06. The number of thiocarbonyl (C=S) groups is 1. The van der Waals surface area contributed by atoms with Gasteiger partial charge in [0.15, 0.2) is 0 Å². The molecule has 15 heavy (non-hydrogen) atoms. The molecule has 1 aromatic rings. The highest BCUT2D eigenvalue weighted by atomic mass is 32.1. The summed E-state index contributed by atoms with van der Waals surface area (Å²) in [5.74, 6) is 0. The van der Waals surface area contributed by atoms with Gasteiger partial charge in [-0.25, -0.2) is 0 Å². The summed E-state index contributed by atoms with van der Waals surface area (Å²) in [6.45, 7) is 1.29. The number of pyridine rings is 1. The largest absolute Gasteiger partial charge is 0.352 e. The van der Waals surface area contributed by atoms with Crippen LogP contribution in [0.25, 0.3) is 0 Å². The second-order valence-corrected chi connectivity index (χ2v) is 4.08. The zero-order chi connectivity index (χ0) is 11.1. The molecule has 1 rings (SSSR count). The first kappa shape index (κ1) is 12.0. The zero-order valence-corrected chi connectivity index (χ0v) is 9.84. The van der Waals surface area contributed by atoms with E-state index in [4.69, 9.17) is 17.5 Å². The molecule has 0 radical (unpaired) electrons. The summed E-state index contributed by atoms with van der Waals surface area (Å²) in [5.41, 5.74) is 1.11. The minimum Gasteiger partial charge on any atom is -0.352 e. The maximum atomic E-state index is 8.51. The third-order valence-corrected chi connectivity index (χ3v) is 2.43. The molecule has 0 atom stereocenters. The van der Waals surface area contributed by atoms with Crippen molar-refractivity contribution in [2.75, 3.05) is 6.54 Å². The Morgan fingerprint density at radius 3 is 2.73 bits per heavy atom. The van der Waals surface area contributed by atoms with E-state index in [9.17, 15) is 0 Å². The minimum absolute atomic E-state index is 0.450. The van der Waals surface area contributed by atoms with Gasteiger partial charge >= 0.3 is 0 Å². The first-order valence-corrected chi connectivity index (χ1v) is 5.33. The molecule has 0 unspecified atom stereocenters. The van der Waals surface area contributed by atoms with Crippen molar-refractivity contribution in [3.63, 3.8) is 0 Å². The molecule has 1 aromatic heterocycles. The monoisotopic (exact) mass is 237 g/mol. The van der Waals surface area contributed by atoms with Crippen molar-refractivity contribution in [3.8, 4) is 6.07 Å². The van der Waals surface area contributed by atoms with E-state index in [0.29, 0.717) is 23.8 Å². The van der Waals surface area contributed by atoms with Gasteiger partial charge in [-0.1, -0.05) is 12.2 Å². The Hall–Kier alpha value is -1.12. The average molecular weight is 237 g/mol. The number of nitrogens with zero attached hydrogens (tertiary/aromatic N) is 3. The SMILES string of the molecule is N#CCCN(Cc1ccncc1)C(=S)S. The van der Waals surface area contributed by atoms with Crippen LogP contribution in [0.3, 0.4) is 0 Å². The van der Waals surface area contributed by atoms with Crippen LogP contribution in [0.15, 0.2) is 24.5 Å². The van der Waals surface area contributed by atoms with Gasteiger partial charge in [0.1, 0.15) is 4.32 Å². The molecule has 0 aliphatic carbocycles. The fraction of sp³-hybridized carbons (Fsp3) is 0.300. The zero-order valence-electron chi connectivity index (χ0n) is 8.13. The van der Waals surface area contributed by atoms with E-state index in [1.54, 1.807) is 12.4 Å². The first-order valence-electron chi connectivity index (χ1n) is 4.47. The second-order valence-electron chi connectivity index (χ2n) is 2.97. The molecule has 0 fully saturated rings. The maximum Gasteiger partial charge on any atom is 0.133 e. The van der Waals surface area contributed by atoms with Crippen molar-refractivity contribution < 1.29 is 0 Å². The normalized spacial score (nSPS) is 9.33. The Morgan fingerprint density at radius 2 is 2.20 bits per heavy atom. The lowest BCUT2D eigenvalue weighted by Gasteiger charge is -2.21. The fourth-order valence-corrected chi connectivity index (χ4v) is 1.46. The Labute approximate surface area is 100 Å². The quantitative estimate of drug-likeness (QED) is 0.642. The van der Waals surface area contributed by atoms with Gasteiger partial charge in [0.2, 0.25) is 0 Å². The molecule has 0 spiro atoms. The molecule has 0 bridgehead atoms. The molecule has 0 amide bonds. The van der Waals surface area contributed by atoms with Crippen molar-refractivity contribution in [1.82, 2.24) is 9.88 Å². The Balaban J connectivity index is 2.60. The van der Waals surface area contributed by atoms with Crippen molar-refractivity contribution in [2.45, 2.75) is 13.0 Å².